The molecule has 28 heavy (non-hydrogen) atoms. The van der Waals surface area contributed by atoms with Crippen molar-refractivity contribution in [3.63, 3.8) is 0 Å². The van der Waals surface area contributed by atoms with E-state index in [0.29, 0.717) is 17.0 Å². The monoisotopic (exact) mass is 377 g/mol. The summed E-state index contributed by atoms with van der Waals surface area (Å²) in [5.74, 6) is 0.526. The minimum atomic E-state index is -0.330. The number of ether oxygens (including phenoxy) is 1. The first kappa shape index (κ1) is 18.5. The van der Waals surface area contributed by atoms with Crippen LogP contribution in [0.25, 0.3) is 11.0 Å². The topological polar surface area (TPSA) is 56.1 Å². The largest absolute Gasteiger partial charge is 0.465 e. The Kier molecular flexibility index (Phi) is 4.84. The number of nitrogens with zero attached hydrogens (tertiary/aromatic N) is 2. The van der Waals surface area contributed by atoms with Crippen molar-refractivity contribution in [3.05, 3.63) is 54.1 Å². The zero-order valence-electron chi connectivity index (χ0n) is 16.7. The number of methoxy groups -OCH3 is 1. The van der Waals surface area contributed by atoms with Crippen molar-refractivity contribution >= 4 is 28.6 Å². The molecule has 146 valence electrons. The van der Waals surface area contributed by atoms with Crippen molar-refractivity contribution in [2.24, 2.45) is 5.41 Å². The van der Waals surface area contributed by atoms with Gasteiger partial charge in [0.25, 0.3) is 0 Å². The van der Waals surface area contributed by atoms with Crippen LogP contribution >= 0.6 is 0 Å². The maximum absolute atomic E-state index is 11.7. The lowest BCUT2D eigenvalue weighted by atomic mass is 9.75. The molecule has 0 unspecified atom stereocenters. The first-order valence-electron chi connectivity index (χ1n) is 9.89. The van der Waals surface area contributed by atoms with E-state index >= 15 is 0 Å². The summed E-state index contributed by atoms with van der Waals surface area (Å²) in [4.78, 5) is 16.5. The quantitative estimate of drug-likeness (QED) is 0.592. The van der Waals surface area contributed by atoms with Crippen LogP contribution in [-0.4, -0.2) is 22.6 Å². The molecular formula is C23H27N3O2. The molecule has 0 saturated heterocycles. The lowest BCUT2D eigenvalue weighted by Crippen LogP contribution is -2.25. The van der Waals surface area contributed by atoms with Gasteiger partial charge in [-0.3, -0.25) is 0 Å². The van der Waals surface area contributed by atoms with E-state index in [1.807, 2.05) is 18.2 Å². The van der Waals surface area contributed by atoms with Gasteiger partial charge in [0.05, 0.1) is 23.7 Å². The first-order chi connectivity index (χ1) is 13.5. The van der Waals surface area contributed by atoms with E-state index in [2.05, 4.69) is 41.9 Å². The molecule has 1 heterocycles. The molecule has 4 rings (SSSR count). The van der Waals surface area contributed by atoms with Crippen LogP contribution in [0.5, 0.6) is 0 Å². The second-order valence-electron chi connectivity index (χ2n) is 8.40. The molecule has 1 fully saturated rings. The number of carbonyl (C=O) groups excluding carboxylic acids is 1. The van der Waals surface area contributed by atoms with Crippen molar-refractivity contribution in [2.75, 3.05) is 12.4 Å². The standard InChI is InChI=1S/C23H27N3O2/c1-23(2)14-6-7-18(15-23)26-20-9-5-4-8-19(20)25-22(26)24-17-12-10-16(11-13-17)21(27)28-3/h4-5,8-13,18H,6-7,14-15H2,1-3H3,(H,24,25)/t18-/m0/s1. The molecule has 1 atom stereocenters. The average Bonchev–Trinajstić information content (AvgIpc) is 3.05. The maximum Gasteiger partial charge on any atom is 0.337 e. The van der Waals surface area contributed by atoms with E-state index in [9.17, 15) is 4.79 Å². The number of esters is 1. The van der Waals surface area contributed by atoms with Crippen LogP contribution in [0.15, 0.2) is 48.5 Å². The number of para-hydroxylation sites is 2. The highest BCUT2D eigenvalue weighted by Gasteiger charge is 2.31. The van der Waals surface area contributed by atoms with Gasteiger partial charge in [-0.05, 0) is 61.1 Å². The molecule has 1 saturated carbocycles. The molecule has 2 aromatic carbocycles. The molecule has 1 aromatic heterocycles. The lowest BCUT2D eigenvalue weighted by Gasteiger charge is -2.36. The molecule has 5 nitrogen and oxygen atoms in total. The van der Waals surface area contributed by atoms with Crippen LogP contribution in [0.1, 0.15) is 55.9 Å². The Labute approximate surface area is 165 Å². The SMILES string of the molecule is COC(=O)c1ccc(Nc2nc3ccccc3n2[C@H]2CCCC(C)(C)C2)cc1. The van der Waals surface area contributed by atoms with Crippen LogP contribution in [-0.2, 0) is 4.74 Å². The number of fused-ring (bicyclic) bond motifs is 1. The van der Waals surface area contributed by atoms with Crippen LogP contribution in [0.2, 0.25) is 0 Å². The number of carbonyl (C=O) groups is 1. The summed E-state index contributed by atoms with van der Waals surface area (Å²) in [7, 11) is 1.39. The van der Waals surface area contributed by atoms with Gasteiger partial charge in [-0.15, -0.1) is 0 Å². The Balaban J connectivity index is 1.70. The molecular weight excluding hydrogens is 350 g/mol. The number of aromatic nitrogens is 2. The zero-order chi connectivity index (χ0) is 19.7. The van der Waals surface area contributed by atoms with E-state index in [-0.39, 0.29) is 5.97 Å². The van der Waals surface area contributed by atoms with E-state index in [4.69, 9.17) is 9.72 Å². The molecule has 0 aliphatic heterocycles. The Bertz CT molecular complexity index is 989. The number of benzene rings is 2. The summed E-state index contributed by atoms with van der Waals surface area (Å²) >= 11 is 0. The fourth-order valence-electron chi connectivity index (χ4n) is 4.32. The number of imidazole rings is 1. The van der Waals surface area contributed by atoms with Gasteiger partial charge in [-0.1, -0.05) is 32.4 Å². The lowest BCUT2D eigenvalue weighted by molar-refractivity contribution is 0.0601. The van der Waals surface area contributed by atoms with E-state index in [1.54, 1.807) is 12.1 Å². The van der Waals surface area contributed by atoms with Gasteiger partial charge in [0.15, 0.2) is 0 Å². The van der Waals surface area contributed by atoms with Crippen LogP contribution < -0.4 is 5.32 Å². The van der Waals surface area contributed by atoms with Crippen molar-refractivity contribution in [1.29, 1.82) is 0 Å². The molecule has 5 heteroatoms. The minimum Gasteiger partial charge on any atom is -0.465 e. The van der Waals surface area contributed by atoms with Gasteiger partial charge in [-0.25, -0.2) is 9.78 Å². The fraction of sp³-hybridized carbons (Fsp3) is 0.391. The molecule has 1 aliphatic carbocycles. The highest BCUT2D eigenvalue weighted by molar-refractivity contribution is 5.89. The normalized spacial score (nSPS) is 18.8. The third kappa shape index (κ3) is 3.61. The van der Waals surface area contributed by atoms with Crippen LogP contribution in [0.3, 0.4) is 0 Å². The second-order valence-corrected chi connectivity index (χ2v) is 8.40. The third-order valence-corrected chi connectivity index (χ3v) is 5.70. The number of nitrogens with one attached hydrogen (secondary N) is 1. The summed E-state index contributed by atoms with van der Waals surface area (Å²) in [5.41, 5.74) is 3.95. The van der Waals surface area contributed by atoms with Crippen LogP contribution in [0, 0.1) is 5.41 Å². The molecule has 1 aliphatic rings. The maximum atomic E-state index is 11.7. The summed E-state index contributed by atoms with van der Waals surface area (Å²) in [5, 5.41) is 3.47. The minimum absolute atomic E-state index is 0.330. The van der Waals surface area contributed by atoms with E-state index in [0.717, 1.165) is 23.6 Å². The third-order valence-electron chi connectivity index (χ3n) is 5.70. The molecule has 0 bridgehead atoms. The van der Waals surface area contributed by atoms with Crippen LogP contribution in [0.4, 0.5) is 11.6 Å². The highest BCUT2D eigenvalue weighted by atomic mass is 16.5. The summed E-state index contributed by atoms with van der Waals surface area (Å²) in [6, 6.07) is 16.0. The van der Waals surface area contributed by atoms with Crippen molar-refractivity contribution < 1.29 is 9.53 Å². The summed E-state index contributed by atoms with van der Waals surface area (Å²) in [6.07, 6.45) is 4.81. The smallest absolute Gasteiger partial charge is 0.337 e. The van der Waals surface area contributed by atoms with E-state index < -0.39 is 0 Å². The number of anilines is 2. The predicted octanol–water partition coefficient (Wildman–Crippen LogP) is 5.71. The first-order valence-corrected chi connectivity index (χ1v) is 9.89. The molecule has 1 N–H and O–H groups in total. The van der Waals surface area contributed by atoms with Crippen molar-refractivity contribution in [1.82, 2.24) is 9.55 Å². The van der Waals surface area contributed by atoms with Gasteiger partial charge in [0, 0.05) is 11.7 Å². The second kappa shape index (κ2) is 7.30. The van der Waals surface area contributed by atoms with Gasteiger partial charge < -0.3 is 14.6 Å². The average molecular weight is 377 g/mol. The summed E-state index contributed by atoms with van der Waals surface area (Å²) < 4.78 is 7.14. The number of hydrogen-bond donors (Lipinski definition) is 1. The number of rotatable bonds is 4. The molecule has 0 radical (unpaired) electrons. The van der Waals surface area contributed by atoms with Crippen molar-refractivity contribution in [2.45, 2.75) is 45.6 Å². The highest BCUT2D eigenvalue weighted by Crippen LogP contribution is 2.43. The molecule has 3 aromatic rings. The van der Waals surface area contributed by atoms with E-state index in [1.165, 1.54) is 31.9 Å². The Morgan fingerprint density at radius 3 is 2.64 bits per heavy atom. The Morgan fingerprint density at radius 2 is 1.93 bits per heavy atom. The molecule has 0 amide bonds. The molecule has 0 spiro atoms. The fourth-order valence-corrected chi connectivity index (χ4v) is 4.32. The Hall–Kier alpha value is -2.82. The predicted molar refractivity (Wildman–Crippen MR) is 112 cm³/mol. The summed E-state index contributed by atoms with van der Waals surface area (Å²) in [6.45, 7) is 4.72. The Morgan fingerprint density at radius 1 is 1.18 bits per heavy atom. The van der Waals surface area contributed by atoms with Gasteiger partial charge >= 0.3 is 5.97 Å². The zero-order valence-corrected chi connectivity index (χ0v) is 16.7. The van der Waals surface area contributed by atoms with Gasteiger partial charge in [0.1, 0.15) is 0 Å². The van der Waals surface area contributed by atoms with Crippen molar-refractivity contribution in [3.8, 4) is 0 Å². The van der Waals surface area contributed by atoms with Gasteiger partial charge in [0.2, 0.25) is 5.95 Å². The van der Waals surface area contributed by atoms with Gasteiger partial charge in [-0.2, -0.15) is 0 Å². The number of hydrogen-bond acceptors (Lipinski definition) is 4.